The maximum atomic E-state index is 13.4. The van der Waals surface area contributed by atoms with Crippen molar-refractivity contribution in [2.75, 3.05) is 5.32 Å². The smallest absolute Gasteiger partial charge is 0.322 e. The molecule has 1 amide bonds. The van der Waals surface area contributed by atoms with Gasteiger partial charge in [-0.2, -0.15) is 4.68 Å². The topological polar surface area (TPSA) is 140 Å². The summed E-state index contributed by atoms with van der Waals surface area (Å²) in [7, 11) is 0. The fourth-order valence-electron chi connectivity index (χ4n) is 3.77. The van der Waals surface area contributed by atoms with Gasteiger partial charge in [-0.1, -0.05) is 26.8 Å². The number of rotatable bonds is 6. The molecule has 0 aliphatic heterocycles. The molecule has 0 saturated heterocycles. The number of nitrogens with one attached hydrogen (secondary N) is 2. The van der Waals surface area contributed by atoms with E-state index in [0.717, 1.165) is 11.3 Å². The third kappa shape index (κ3) is 4.12. The van der Waals surface area contributed by atoms with Crippen LogP contribution in [-0.2, 0) is 6.54 Å². The molecule has 2 N–H and O–H groups in total. The lowest BCUT2D eigenvalue weighted by Gasteiger charge is -2.15. The van der Waals surface area contributed by atoms with Gasteiger partial charge in [-0.3, -0.25) is 19.1 Å². The maximum absolute atomic E-state index is 13.4. The predicted molar refractivity (Wildman–Crippen MR) is 128 cm³/mol. The van der Waals surface area contributed by atoms with Gasteiger partial charge in [0.1, 0.15) is 0 Å². The first-order valence-corrected chi connectivity index (χ1v) is 11.1. The largest absolute Gasteiger partial charge is 0.329 e. The van der Waals surface area contributed by atoms with Crippen molar-refractivity contribution < 1.29 is 4.79 Å². The summed E-state index contributed by atoms with van der Waals surface area (Å²) < 4.78 is 2.99. The molecule has 0 atom stereocenters. The molecule has 0 fully saturated rings. The third-order valence-corrected chi connectivity index (χ3v) is 5.57. The maximum Gasteiger partial charge on any atom is 0.329 e. The van der Waals surface area contributed by atoms with Crippen LogP contribution in [0.4, 0.5) is 5.69 Å². The molecule has 11 heteroatoms. The molecule has 0 aliphatic rings. The average molecular weight is 463 g/mol. The van der Waals surface area contributed by atoms with Gasteiger partial charge in [-0.25, -0.2) is 9.78 Å². The summed E-state index contributed by atoms with van der Waals surface area (Å²) in [6.07, 6.45) is 0.666. The van der Waals surface area contributed by atoms with Gasteiger partial charge < -0.3 is 5.32 Å². The number of H-pyrrole nitrogens is 1. The molecule has 4 aromatic rings. The minimum atomic E-state index is -0.644. The Hall–Kier alpha value is -4.15. The molecular weight excluding hydrogens is 436 g/mol. The summed E-state index contributed by atoms with van der Waals surface area (Å²) in [5, 5.41) is 14.5. The summed E-state index contributed by atoms with van der Waals surface area (Å²) in [5.41, 5.74) is 1.94. The highest BCUT2D eigenvalue weighted by molar-refractivity contribution is 6.12. The first-order chi connectivity index (χ1) is 16.2. The Labute approximate surface area is 194 Å². The Balaban J connectivity index is 1.85. The third-order valence-electron chi connectivity index (χ3n) is 5.57. The zero-order valence-electron chi connectivity index (χ0n) is 19.7. The Morgan fingerprint density at radius 2 is 1.94 bits per heavy atom. The number of amides is 1. The number of carbonyl (C=O) groups excluding carboxylic acids is 1. The number of carbonyl (C=O) groups is 1. The summed E-state index contributed by atoms with van der Waals surface area (Å²) in [5.74, 6) is 0.104. The summed E-state index contributed by atoms with van der Waals surface area (Å²) in [4.78, 5) is 45.6. The van der Waals surface area contributed by atoms with Crippen LogP contribution in [0.15, 0.2) is 33.9 Å². The van der Waals surface area contributed by atoms with Crippen molar-refractivity contribution in [1.82, 2.24) is 34.7 Å². The van der Waals surface area contributed by atoms with Gasteiger partial charge in [0, 0.05) is 17.9 Å². The summed E-state index contributed by atoms with van der Waals surface area (Å²) in [6.45, 7) is 9.86. The number of nitrogens with zero attached hydrogens (tertiary/aromatic N) is 6. The Bertz CT molecular complexity index is 1510. The highest BCUT2D eigenvalue weighted by Gasteiger charge is 2.21. The molecule has 0 saturated carbocycles. The number of anilines is 1. The average Bonchev–Trinajstić information content (AvgIpc) is 3.22. The van der Waals surface area contributed by atoms with Crippen LogP contribution < -0.4 is 16.6 Å². The molecule has 4 rings (SSSR count). The van der Waals surface area contributed by atoms with Crippen LogP contribution in [0.3, 0.4) is 0 Å². The van der Waals surface area contributed by atoms with Gasteiger partial charge >= 0.3 is 5.69 Å². The molecule has 11 nitrogen and oxygen atoms in total. The molecule has 3 aromatic heterocycles. The predicted octanol–water partition coefficient (Wildman–Crippen LogP) is 2.46. The van der Waals surface area contributed by atoms with E-state index in [0.29, 0.717) is 30.2 Å². The van der Waals surface area contributed by atoms with Crippen LogP contribution in [0, 0.1) is 13.8 Å². The number of hydrogen-bond donors (Lipinski definition) is 2. The minimum absolute atomic E-state index is 0.0193. The minimum Gasteiger partial charge on any atom is -0.322 e. The lowest BCUT2D eigenvalue weighted by atomic mass is 10.0. The van der Waals surface area contributed by atoms with Crippen LogP contribution in [-0.4, -0.2) is 40.6 Å². The molecule has 0 unspecified atom stereocenters. The van der Waals surface area contributed by atoms with E-state index >= 15 is 0 Å². The molecule has 0 spiro atoms. The Morgan fingerprint density at radius 3 is 2.59 bits per heavy atom. The van der Waals surface area contributed by atoms with E-state index in [9.17, 15) is 14.4 Å². The van der Waals surface area contributed by atoms with Crippen LogP contribution in [0.5, 0.6) is 0 Å². The molecule has 176 valence electrons. The van der Waals surface area contributed by atoms with Gasteiger partial charge in [-0.05, 0) is 60.4 Å². The van der Waals surface area contributed by atoms with E-state index < -0.39 is 17.2 Å². The van der Waals surface area contributed by atoms with E-state index in [1.165, 1.54) is 4.57 Å². The molecule has 1 aromatic carbocycles. The number of aromatic amines is 1. The SMILES string of the molecule is CCCn1c(=O)[nH]c(=O)c2c(C(=O)Nc3ccc(C)c(-n4nnnc4C)c3)cc(C(C)C)nc21. The van der Waals surface area contributed by atoms with Crippen molar-refractivity contribution in [3.63, 3.8) is 0 Å². The van der Waals surface area contributed by atoms with Crippen molar-refractivity contribution in [2.45, 2.75) is 53.5 Å². The van der Waals surface area contributed by atoms with Crippen LogP contribution >= 0.6 is 0 Å². The molecule has 3 heterocycles. The number of pyridine rings is 1. The van der Waals surface area contributed by atoms with E-state index in [1.807, 2.05) is 33.8 Å². The van der Waals surface area contributed by atoms with E-state index in [-0.39, 0.29) is 22.5 Å². The van der Waals surface area contributed by atoms with Gasteiger partial charge in [0.2, 0.25) is 0 Å². The molecule has 0 bridgehead atoms. The number of fused-ring (bicyclic) bond motifs is 1. The summed E-state index contributed by atoms with van der Waals surface area (Å²) in [6, 6.07) is 6.99. The normalized spacial score (nSPS) is 11.4. The zero-order chi connectivity index (χ0) is 24.6. The van der Waals surface area contributed by atoms with E-state index in [4.69, 9.17) is 0 Å². The van der Waals surface area contributed by atoms with E-state index in [2.05, 4.69) is 30.8 Å². The van der Waals surface area contributed by atoms with Crippen LogP contribution in [0.2, 0.25) is 0 Å². The molecular formula is C23H26N8O3. The van der Waals surface area contributed by atoms with Gasteiger partial charge in [0.25, 0.3) is 11.5 Å². The van der Waals surface area contributed by atoms with Gasteiger partial charge in [0.15, 0.2) is 11.5 Å². The standard InChI is InChI=1S/C23H26N8O3/c1-6-9-30-20-19(22(33)26-23(30)34)16(11-17(25-20)12(2)3)21(32)24-15-8-7-13(4)18(10-15)31-14(5)27-28-29-31/h7-8,10-12H,6,9H2,1-5H3,(H,24,32)(H,26,33,34). The Morgan fingerprint density at radius 1 is 1.18 bits per heavy atom. The van der Waals surface area contributed by atoms with Crippen molar-refractivity contribution in [1.29, 1.82) is 0 Å². The van der Waals surface area contributed by atoms with Crippen molar-refractivity contribution in [3.8, 4) is 5.69 Å². The lowest BCUT2D eigenvalue weighted by molar-refractivity contribution is 0.102. The Kier molecular flexibility index (Phi) is 6.10. The number of aryl methyl sites for hydroxylation is 3. The van der Waals surface area contributed by atoms with Crippen molar-refractivity contribution in [2.24, 2.45) is 0 Å². The second kappa shape index (κ2) is 9.00. The number of benzene rings is 1. The van der Waals surface area contributed by atoms with Crippen LogP contribution in [0.1, 0.15) is 60.5 Å². The zero-order valence-corrected chi connectivity index (χ0v) is 19.7. The highest BCUT2D eigenvalue weighted by Crippen LogP contribution is 2.23. The highest BCUT2D eigenvalue weighted by atomic mass is 16.2. The first-order valence-electron chi connectivity index (χ1n) is 11.1. The monoisotopic (exact) mass is 462 g/mol. The van der Waals surface area contributed by atoms with Gasteiger partial charge in [-0.15, -0.1) is 5.10 Å². The number of tetrazole rings is 1. The second-order valence-electron chi connectivity index (χ2n) is 8.45. The lowest BCUT2D eigenvalue weighted by Crippen LogP contribution is -2.32. The fraction of sp³-hybridized carbons (Fsp3) is 0.348. The molecule has 34 heavy (non-hydrogen) atoms. The number of aromatic nitrogens is 7. The first kappa shape index (κ1) is 23.0. The molecule has 0 aliphatic carbocycles. The quantitative estimate of drug-likeness (QED) is 0.448. The number of hydrogen-bond acceptors (Lipinski definition) is 7. The van der Waals surface area contributed by atoms with E-state index in [1.54, 1.807) is 29.8 Å². The second-order valence-corrected chi connectivity index (χ2v) is 8.45. The van der Waals surface area contributed by atoms with Crippen molar-refractivity contribution in [3.05, 3.63) is 67.7 Å². The fourth-order valence-corrected chi connectivity index (χ4v) is 3.77. The van der Waals surface area contributed by atoms with Crippen LogP contribution in [0.25, 0.3) is 16.7 Å². The summed E-state index contributed by atoms with van der Waals surface area (Å²) >= 11 is 0. The van der Waals surface area contributed by atoms with Gasteiger partial charge in [0.05, 0.1) is 16.6 Å². The molecule has 0 radical (unpaired) electrons. The van der Waals surface area contributed by atoms with Crippen molar-refractivity contribution >= 4 is 22.6 Å².